The van der Waals surface area contributed by atoms with E-state index in [4.69, 9.17) is 5.73 Å². The highest BCUT2D eigenvalue weighted by molar-refractivity contribution is 4.76. The van der Waals surface area contributed by atoms with Crippen molar-refractivity contribution in [3.05, 3.63) is 0 Å². The SMILES string of the molecule is C[C@H]1C[C@H](N)CCN1. The van der Waals surface area contributed by atoms with Gasteiger partial charge in [0.1, 0.15) is 0 Å². The summed E-state index contributed by atoms with van der Waals surface area (Å²) in [6.07, 6.45) is 2.28. The van der Waals surface area contributed by atoms with Crippen LogP contribution in [-0.4, -0.2) is 18.6 Å². The van der Waals surface area contributed by atoms with E-state index in [1.54, 1.807) is 0 Å². The second-order valence-corrected chi connectivity index (χ2v) is 2.64. The summed E-state index contributed by atoms with van der Waals surface area (Å²) in [6.45, 7) is 3.28. The van der Waals surface area contributed by atoms with Crippen LogP contribution in [0.4, 0.5) is 0 Å². The maximum Gasteiger partial charge on any atom is 0.00656 e. The lowest BCUT2D eigenvalue weighted by atomic mass is 10.0. The minimum absolute atomic E-state index is 0.450. The van der Waals surface area contributed by atoms with Gasteiger partial charge in [-0.15, -0.1) is 0 Å². The van der Waals surface area contributed by atoms with Crippen LogP contribution in [0.15, 0.2) is 0 Å². The molecule has 0 aromatic rings. The average Bonchev–Trinajstić information content (AvgIpc) is 1.64. The topological polar surface area (TPSA) is 38.0 Å². The molecule has 1 aliphatic heterocycles. The van der Waals surface area contributed by atoms with E-state index >= 15 is 0 Å². The van der Waals surface area contributed by atoms with E-state index in [0.717, 1.165) is 19.4 Å². The number of nitrogens with one attached hydrogen (secondary N) is 1. The molecule has 0 saturated carbocycles. The van der Waals surface area contributed by atoms with Gasteiger partial charge in [0.05, 0.1) is 0 Å². The second kappa shape index (κ2) is 2.46. The van der Waals surface area contributed by atoms with Crippen molar-refractivity contribution in [3.63, 3.8) is 0 Å². The van der Waals surface area contributed by atoms with Crippen LogP contribution in [0.2, 0.25) is 0 Å². The molecule has 0 aromatic heterocycles. The minimum atomic E-state index is 0.450. The lowest BCUT2D eigenvalue weighted by molar-refractivity contribution is 0.381. The van der Waals surface area contributed by atoms with Crippen molar-refractivity contribution < 1.29 is 0 Å². The molecule has 0 aromatic carbocycles. The molecule has 0 bridgehead atoms. The fourth-order valence-corrected chi connectivity index (χ4v) is 1.17. The third kappa shape index (κ3) is 1.46. The molecule has 1 fully saturated rings. The first-order valence-electron chi connectivity index (χ1n) is 3.28. The number of hydrogen-bond donors (Lipinski definition) is 2. The van der Waals surface area contributed by atoms with Crippen molar-refractivity contribution >= 4 is 0 Å². The molecule has 2 atom stereocenters. The zero-order chi connectivity index (χ0) is 5.98. The van der Waals surface area contributed by atoms with Crippen LogP contribution in [0.3, 0.4) is 0 Å². The van der Waals surface area contributed by atoms with Gasteiger partial charge in [-0.3, -0.25) is 0 Å². The van der Waals surface area contributed by atoms with Crippen molar-refractivity contribution in [1.82, 2.24) is 5.32 Å². The van der Waals surface area contributed by atoms with Gasteiger partial charge in [-0.2, -0.15) is 0 Å². The third-order valence-corrected chi connectivity index (χ3v) is 1.66. The van der Waals surface area contributed by atoms with Crippen LogP contribution < -0.4 is 11.1 Å². The summed E-state index contributed by atoms with van der Waals surface area (Å²) in [5.41, 5.74) is 5.69. The predicted octanol–water partition coefficient (Wildman–Crippen LogP) is 0.0856. The Hall–Kier alpha value is -0.0800. The van der Waals surface area contributed by atoms with Crippen molar-refractivity contribution in [3.8, 4) is 0 Å². The van der Waals surface area contributed by atoms with Crippen LogP contribution >= 0.6 is 0 Å². The van der Waals surface area contributed by atoms with Crippen LogP contribution in [-0.2, 0) is 0 Å². The minimum Gasteiger partial charge on any atom is -0.328 e. The molecule has 1 saturated heterocycles. The quantitative estimate of drug-likeness (QED) is 0.468. The number of rotatable bonds is 0. The number of nitrogens with two attached hydrogens (primary N) is 1. The van der Waals surface area contributed by atoms with Crippen molar-refractivity contribution in [2.75, 3.05) is 6.54 Å². The van der Waals surface area contributed by atoms with Crippen molar-refractivity contribution in [2.45, 2.75) is 31.8 Å². The van der Waals surface area contributed by atoms with Crippen LogP contribution in [0, 0.1) is 0 Å². The van der Waals surface area contributed by atoms with E-state index < -0.39 is 0 Å². The molecule has 0 radical (unpaired) electrons. The summed E-state index contributed by atoms with van der Waals surface area (Å²) in [4.78, 5) is 0. The average molecular weight is 114 g/mol. The van der Waals surface area contributed by atoms with Gasteiger partial charge < -0.3 is 11.1 Å². The van der Waals surface area contributed by atoms with Gasteiger partial charge in [0.25, 0.3) is 0 Å². The van der Waals surface area contributed by atoms with Gasteiger partial charge in [0.15, 0.2) is 0 Å². The molecule has 8 heavy (non-hydrogen) atoms. The van der Waals surface area contributed by atoms with Gasteiger partial charge in [0.2, 0.25) is 0 Å². The molecular formula is C6H14N2. The van der Waals surface area contributed by atoms with E-state index in [9.17, 15) is 0 Å². The molecule has 1 rings (SSSR count). The summed E-state index contributed by atoms with van der Waals surface area (Å²) in [5, 5.41) is 3.33. The van der Waals surface area contributed by atoms with Gasteiger partial charge in [-0.1, -0.05) is 0 Å². The summed E-state index contributed by atoms with van der Waals surface area (Å²) in [7, 11) is 0. The lowest BCUT2D eigenvalue weighted by Crippen LogP contribution is -2.41. The standard InChI is InChI=1S/C6H14N2/c1-5-4-6(7)2-3-8-5/h5-6,8H,2-4,7H2,1H3/t5-,6+/m0/s1. The lowest BCUT2D eigenvalue weighted by Gasteiger charge is -2.24. The molecule has 0 spiro atoms. The Morgan fingerprint density at radius 3 is 2.75 bits per heavy atom. The molecular weight excluding hydrogens is 100 g/mol. The maximum absolute atomic E-state index is 5.69. The predicted molar refractivity (Wildman–Crippen MR) is 34.7 cm³/mol. The Labute approximate surface area is 50.4 Å². The molecule has 48 valence electrons. The molecule has 2 heteroatoms. The first kappa shape index (κ1) is 6.05. The van der Waals surface area contributed by atoms with E-state index in [2.05, 4.69) is 12.2 Å². The Bertz CT molecular complexity index is 64.9. The molecule has 0 aliphatic carbocycles. The highest BCUT2D eigenvalue weighted by Gasteiger charge is 2.12. The summed E-state index contributed by atoms with van der Waals surface area (Å²) in [5.74, 6) is 0. The Morgan fingerprint density at radius 2 is 2.38 bits per heavy atom. The zero-order valence-corrected chi connectivity index (χ0v) is 5.35. The summed E-state index contributed by atoms with van der Waals surface area (Å²) in [6, 6.07) is 1.09. The van der Waals surface area contributed by atoms with E-state index in [1.807, 2.05) is 0 Å². The molecule has 2 nitrogen and oxygen atoms in total. The van der Waals surface area contributed by atoms with Gasteiger partial charge in [-0.05, 0) is 26.3 Å². The largest absolute Gasteiger partial charge is 0.328 e. The molecule has 1 aliphatic rings. The first-order chi connectivity index (χ1) is 3.79. The summed E-state index contributed by atoms with van der Waals surface area (Å²) >= 11 is 0. The Balaban J connectivity index is 2.23. The molecule has 3 N–H and O–H groups in total. The van der Waals surface area contributed by atoms with E-state index in [-0.39, 0.29) is 0 Å². The third-order valence-electron chi connectivity index (χ3n) is 1.66. The monoisotopic (exact) mass is 114 g/mol. The van der Waals surface area contributed by atoms with Crippen molar-refractivity contribution in [2.24, 2.45) is 5.73 Å². The van der Waals surface area contributed by atoms with Crippen LogP contribution in [0.5, 0.6) is 0 Å². The Morgan fingerprint density at radius 1 is 1.62 bits per heavy atom. The molecule has 0 amide bonds. The zero-order valence-electron chi connectivity index (χ0n) is 5.35. The number of hydrogen-bond acceptors (Lipinski definition) is 2. The first-order valence-corrected chi connectivity index (χ1v) is 3.28. The van der Waals surface area contributed by atoms with Crippen molar-refractivity contribution in [1.29, 1.82) is 0 Å². The van der Waals surface area contributed by atoms with Gasteiger partial charge in [-0.25, -0.2) is 0 Å². The van der Waals surface area contributed by atoms with Gasteiger partial charge >= 0.3 is 0 Å². The molecule has 0 unspecified atom stereocenters. The normalized spacial score (nSPS) is 39.8. The fraction of sp³-hybridized carbons (Fsp3) is 1.00. The van der Waals surface area contributed by atoms with E-state index in [0.29, 0.717) is 12.1 Å². The smallest absolute Gasteiger partial charge is 0.00656 e. The maximum atomic E-state index is 5.69. The van der Waals surface area contributed by atoms with Crippen LogP contribution in [0.1, 0.15) is 19.8 Å². The summed E-state index contributed by atoms with van der Waals surface area (Å²) < 4.78 is 0. The Kier molecular flexibility index (Phi) is 1.86. The highest BCUT2D eigenvalue weighted by Crippen LogP contribution is 2.04. The highest BCUT2D eigenvalue weighted by atomic mass is 14.9. The molecule has 1 heterocycles. The second-order valence-electron chi connectivity index (χ2n) is 2.64. The number of piperidine rings is 1. The fourth-order valence-electron chi connectivity index (χ4n) is 1.17. The van der Waals surface area contributed by atoms with E-state index in [1.165, 1.54) is 0 Å². The van der Waals surface area contributed by atoms with Crippen LogP contribution in [0.25, 0.3) is 0 Å². The van der Waals surface area contributed by atoms with Gasteiger partial charge in [0, 0.05) is 12.1 Å².